The van der Waals surface area contributed by atoms with Crippen LogP contribution >= 0.6 is 0 Å². The topological polar surface area (TPSA) is 74.6 Å². The largest absolute Gasteiger partial charge is 0.478 e. The summed E-state index contributed by atoms with van der Waals surface area (Å²) in [6.07, 6.45) is 12.3. The number of carboxylic acid groups (broad SMARTS) is 1. The number of hydrogen-bond donors (Lipinski definition) is 2. The van der Waals surface area contributed by atoms with Gasteiger partial charge in [-0.05, 0) is 116 Å². The van der Waals surface area contributed by atoms with Crippen molar-refractivity contribution in [3.05, 3.63) is 11.6 Å². The summed E-state index contributed by atoms with van der Waals surface area (Å²) >= 11 is 0. The van der Waals surface area contributed by atoms with Crippen molar-refractivity contribution in [2.45, 2.75) is 112 Å². The number of fused-ring (bicyclic) bond motifs is 2. The van der Waals surface area contributed by atoms with Gasteiger partial charge in [-0.15, -0.1) is 0 Å². The average Bonchev–Trinajstić information content (AvgIpc) is 3.33. The summed E-state index contributed by atoms with van der Waals surface area (Å²) in [5, 5.41) is 19.8. The fourth-order valence-corrected chi connectivity index (χ4v) is 11.1. The smallest absolute Gasteiger partial charge is 0.331 e. The number of carboxylic acids is 1. The highest BCUT2D eigenvalue weighted by atomic mass is 16.4. The Morgan fingerprint density at radius 3 is 2.32 bits per heavy atom. The molecule has 5 saturated carbocycles. The molecule has 2 N–H and O–H groups in total. The molecule has 0 amide bonds. The van der Waals surface area contributed by atoms with Crippen LogP contribution in [0.4, 0.5) is 0 Å². The van der Waals surface area contributed by atoms with Gasteiger partial charge in [-0.25, -0.2) is 4.79 Å². The lowest BCUT2D eigenvalue weighted by Crippen LogP contribution is -2.57. The molecule has 4 nitrogen and oxygen atoms in total. The first-order chi connectivity index (χ1) is 15.8. The fourth-order valence-electron chi connectivity index (χ4n) is 11.1. The Bertz CT molecular complexity index is 934. The van der Waals surface area contributed by atoms with Gasteiger partial charge < -0.3 is 10.2 Å². The van der Waals surface area contributed by atoms with Gasteiger partial charge in [0, 0.05) is 17.4 Å². The SMILES string of the molecule is CC(=CC(O)C[C@@H](C)C1CC[C@@]2(C)[C@@H]3CC[C@H]4C(C)(C)C(=O)CC[C@@]45CC35CC[C@]12C)C(=O)O. The van der Waals surface area contributed by atoms with Gasteiger partial charge >= 0.3 is 5.97 Å². The third-order valence-electron chi connectivity index (χ3n) is 13.0. The quantitative estimate of drug-likeness (QED) is 0.455. The average molecular weight is 471 g/mol. The highest BCUT2D eigenvalue weighted by Gasteiger charge is 2.82. The van der Waals surface area contributed by atoms with E-state index in [1.807, 2.05) is 0 Å². The monoisotopic (exact) mass is 470 g/mol. The van der Waals surface area contributed by atoms with Crippen LogP contribution in [-0.2, 0) is 9.59 Å². The number of aliphatic hydroxyl groups is 1. The minimum atomic E-state index is -0.953. The summed E-state index contributed by atoms with van der Waals surface area (Å²) in [4.78, 5) is 24.0. The molecule has 5 aliphatic rings. The Hall–Kier alpha value is -1.16. The van der Waals surface area contributed by atoms with Crippen molar-refractivity contribution < 1.29 is 19.8 Å². The molecule has 0 saturated heterocycles. The van der Waals surface area contributed by atoms with Crippen molar-refractivity contribution in [2.75, 3.05) is 0 Å². The summed E-state index contributed by atoms with van der Waals surface area (Å²) in [5.74, 6) is 1.81. The number of ketones is 1. The Balaban J connectivity index is 1.38. The minimum absolute atomic E-state index is 0.154. The summed E-state index contributed by atoms with van der Waals surface area (Å²) in [7, 11) is 0. The summed E-state index contributed by atoms with van der Waals surface area (Å²) in [6, 6.07) is 0. The lowest BCUT2D eigenvalue weighted by atomic mass is 9.42. The van der Waals surface area contributed by atoms with Crippen LogP contribution < -0.4 is 0 Å². The number of aliphatic carboxylic acids is 1. The standard InChI is InChI=1S/C30H46O4/c1-18(15-20(31)16-19(2)25(33)34)21-9-11-28(6)23-8-7-22-26(3,4)24(32)10-12-29(22)17-30(23,29)14-13-27(21,28)5/h16,18,20-23,31H,7-15,17H2,1-6H3,(H,33,34)/t18-,20?,21?,22+,23+,27-,28+,29-,30?/m1/s1. The maximum atomic E-state index is 12.8. The Morgan fingerprint density at radius 1 is 1.00 bits per heavy atom. The van der Waals surface area contributed by atoms with E-state index in [2.05, 4.69) is 34.6 Å². The van der Waals surface area contributed by atoms with Crippen molar-refractivity contribution in [3.8, 4) is 0 Å². The van der Waals surface area contributed by atoms with Gasteiger partial charge in [0.2, 0.25) is 0 Å². The van der Waals surface area contributed by atoms with E-state index in [9.17, 15) is 19.8 Å². The second kappa shape index (κ2) is 7.43. The molecule has 5 aliphatic carbocycles. The van der Waals surface area contributed by atoms with Crippen LogP contribution in [0.15, 0.2) is 11.6 Å². The molecule has 4 heteroatoms. The predicted octanol–water partition coefficient (Wildman–Crippen LogP) is 6.41. The molecule has 5 fully saturated rings. The predicted molar refractivity (Wildman–Crippen MR) is 133 cm³/mol. The maximum Gasteiger partial charge on any atom is 0.331 e. The molecule has 0 aromatic heterocycles. The van der Waals surface area contributed by atoms with E-state index in [4.69, 9.17) is 0 Å². The van der Waals surface area contributed by atoms with E-state index in [1.165, 1.54) is 51.0 Å². The Kier molecular flexibility index (Phi) is 5.36. The third-order valence-corrected chi connectivity index (χ3v) is 13.0. The number of rotatable bonds is 5. The second-order valence-electron chi connectivity index (χ2n) is 14.2. The van der Waals surface area contributed by atoms with E-state index in [1.54, 1.807) is 6.92 Å². The second-order valence-corrected chi connectivity index (χ2v) is 14.2. The van der Waals surface area contributed by atoms with E-state index in [0.717, 1.165) is 18.8 Å². The van der Waals surface area contributed by atoms with Gasteiger partial charge in [0.1, 0.15) is 5.78 Å². The molecule has 0 radical (unpaired) electrons. The van der Waals surface area contributed by atoms with Gasteiger partial charge in [-0.1, -0.05) is 34.6 Å². The molecule has 5 rings (SSSR count). The zero-order valence-corrected chi connectivity index (χ0v) is 22.2. The molecule has 0 bridgehead atoms. The molecule has 34 heavy (non-hydrogen) atoms. The van der Waals surface area contributed by atoms with E-state index >= 15 is 0 Å². The molecule has 0 aromatic rings. The van der Waals surface area contributed by atoms with Crippen LogP contribution in [0.1, 0.15) is 106 Å². The highest BCUT2D eigenvalue weighted by Crippen LogP contribution is 2.88. The Labute approximate surface area is 206 Å². The van der Waals surface area contributed by atoms with Gasteiger partial charge in [-0.2, -0.15) is 0 Å². The van der Waals surface area contributed by atoms with Gasteiger partial charge in [0.05, 0.1) is 6.10 Å². The first kappa shape index (κ1) is 24.5. The van der Waals surface area contributed by atoms with Gasteiger partial charge in [0.15, 0.2) is 0 Å². The van der Waals surface area contributed by atoms with Crippen molar-refractivity contribution in [2.24, 2.45) is 50.7 Å². The lowest BCUT2D eigenvalue weighted by molar-refractivity contribution is -0.157. The highest BCUT2D eigenvalue weighted by molar-refractivity contribution is 5.86. The zero-order chi connectivity index (χ0) is 24.9. The number of hydrogen-bond acceptors (Lipinski definition) is 3. The Morgan fingerprint density at radius 2 is 1.65 bits per heavy atom. The molecule has 2 spiro atoms. The number of aliphatic hydroxyl groups excluding tert-OH is 1. The molecular weight excluding hydrogens is 424 g/mol. The summed E-state index contributed by atoms with van der Waals surface area (Å²) in [5.41, 5.74) is 1.54. The molecule has 0 aliphatic heterocycles. The summed E-state index contributed by atoms with van der Waals surface area (Å²) in [6.45, 7) is 13.5. The normalized spacial score (nSPS) is 48.7. The number of carbonyl (C=O) groups is 2. The molecule has 3 unspecified atom stereocenters. The van der Waals surface area contributed by atoms with Gasteiger partial charge in [0.25, 0.3) is 0 Å². The maximum absolute atomic E-state index is 12.8. The van der Waals surface area contributed by atoms with Crippen molar-refractivity contribution in [3.63, 3.8) is 0 Å². The number of Topliss-reactive ketones (excluding diaryl/α,β-unsaturated/α-hetero) is 1. The zero-order valence-electron chi connectivity index (χ0n) is 22.2. The minimum Gasteiger partial charge on any atom is -0.478 e. The molecular formula is C30H46O4. The van der Waals surface area contributed by atoms with Crippen LogP contribution in [0.5, 0.6) is 0 Å². The molecule has 190 valence electrons. The van der Waals surface area contributed by atoms with E-state index < -0.39 is 12.1 Å². The molecule has 0 aromatic carbocycles. The van der Waals surface area contributed by atoms with Crippen molar-refractivity contribution >= 4 is 11.8 Å². The first-order valence-electron chi connectivity index (χ1n) is 13.9. The fraction of sp³-hybridized carbons (Fsp3) is 0.867. The van der Waals surface area contributed by atoms with Crippen LogP contribution in [0, 0.1) is 50.7 Å². The van der Waals surface area contributed by atoms with Gasteiger partial charge in [-0.3, -0.25) is 4.79 Å². The lowest BCUT2D eigenvalue weighted by Gasteiger charge is -2.62. The first-order valence-corrected chi connectivity index (χ1v) is 13.9. The van der Waals surface area contributed by atoms with Crippen molar-refractivity contribution in [1.82, 2.24) is 0 Å². The van der Waals surface area contributed by atoms with E-state index in [-0.39, 0.29) is 16.4 Å². The van der Waals surface area contributed by atoms with Crippen LogP contribution in [0.2, 0.25) is 0 Å². The van der Waals surface area contributed by atoms with Crippen LogP contribution in [-0.4, -0.2) is 28.1 Å². The summed E-state index contributed by atoms with van der Waals surface area (Å²) < 4.78 is 0. The number of carbonyl (C=O) groups excluding carboxylic acids is 1. The van der Waals surface area contributed by atoms with E-state index in [0.29, 0.717) is 46.2 Å². The molecule has 0 heterocycles. The van der Waals surface area contributed by atoms with Crippen LogP contribution in [0.3, 0.4) is 0 Å². The third kappa shape index (κ3) is 2.93. The van der Waals surface area contributed by atoms with Crippen molar-refractivity contribution in [1.29, 1.82) is 0 Å². The van der Waals surface area contributed by atoms with Crippen LogP contribution in [0.25, 0.3) is 0 Å². The molecule has 9 atom stereocenters.